The normalized spacial score (nSPS) is 13.4. The summed E-state index contributed by atoms with van der Waals surface area (Å²) in [5, 5.41) is 21.1. The molecular weight excluding hydrogens is 597 g/mol. The van der Waals surface area contributed by atoms with E-state index in [4.69, 9.17) is 5.11 Å². The Morgan fingerprint density at radius 1 is 1.20 bits per heavy atom. The molecule has 3 heterocycles. The maximum absolute atomic E-state index is 12.8. The summed E-state index contributed by atoms with van der Waals surface area (Å²) in [5.74, 6) is 0.345. The predicted octanol–water partition coefficient (Wildman–Crippen LogP) is 7.17. The van der Waals surface area contributed by atoms with E-state index >= 15 is 0 Å². The van der Waals surface area contributed by atoms with Crippen LogP contribution in [0.3, 0.4) is 0 Å². The van der Waals surface area contributed by atoms with Crippen molar-refractivity contribution in [2.24, 2.45) is 10.9 Å². The van der Waals surface area contributed by atoms with Crippen molar-refractivity contribution < 1.29 is 14.7 Å². The van der Waals surface area contributed by atoms with Crippen LogP contribution in [0.2, 0.25) is 0 Å². The molecule has 4 rings (SSSR count). The maximum Gasteiger partial charge on any atom is 0.270 e. The summed E-state index contributed by atoms with van der Waals surface area (Å²) in [6, 6.07) is 6.08. The molecule has 9 nitrogen and oxygen atoms in total. The molecule has 10 heteroatoms. The number of aliphatic hydroxyl groups excluding tert-OH is 1. The van der Waals surface area contributed by atoms with Gasteiger partial charge in [-0.25, -0.2) is 4.98 Å². The van der Waals surface area contributed by atoms with Crippen LogP contribution in [0.25, 0.3) is 16.9 Å². The number of nitrogens with one attached hydrogen (secondary N) is 3. The second-order valence-corrected chi connectivity index (χ2v) is 11.9. The first-order valence-electron chi connectivity index (χ1n) is 16.8. The average Bonchev–Trinajstić information content (AvgIpc) is 3.74. The van der Waals surface area contributed by atoms with Crippen molar-refractivity contribution in [2.75, 3.05) is 33.4 Å². The first kappa shape index (κ1) is 40.8. The Bertz CT molecular complexity index is 1290. The number of rotatable bonds is 13. The molecule has 0 aromatic carbocycles. The Balaban J connectivity index is 0.000000423. The Labute approximate surface area is 281 Å². The minimum absolute atomic E-state index is 0.174. The van der Waals surface area contributed by atoms with E-state index < -0.39 is 0 Å². The Morgan fingerprint density at radius 2 is 1.91 bits per heavy atom. The van der Waals surface area contributed by atoms with Gasteiger partial charge in [0.05, 0.1) is 12.2 Å². The van der Waals surface area contributed by atoms with E-state index in [1.165, 1.54) is 37.7 Å². The molecule has 0 bridgehead atoms. The summed E-state index contributed by atoms with van der Waals surface area (Å²) in [6.45, 7) is 14.6. The van der Waals surface area contributed by atoms with Crippen molar-refractivity contribution in [3.8, 4) is 11.3 Å². The molecular formula is C36H58N6O3S. The smallest absolute Gasteiger partial charge is 0.270 e. The maximum atomic E-state index is 12.8. The molecule has 0 radical (unpaired) electrons. The van der Waals surface area contributed by atoms with Crippen LogP contribution in [-0.4, -0.2) is 72.4 Å². The summed E-state index contributed by atoms with van der Waals surface area (Å²) < 4.78 is 1.70. The molecule has 4 N–H and O–H groups in total. The minimum Gasteiger partial charge on any atom is -0.397 e. The van der Waals surface area contributed by atoms with Gasteiger partial charge in [0.1, 0.15) is 17.0 Å². The van der Waals surface area contributed by atoms with Crippen LogP contribution in [0.1, 0.15) is 107 Å². The van der Waals surface area contributed by atoms with Crippen LogP contribution in [-0.2, 0) is 0 Å². The lowest BCUT2D eigenvalue weighted by Gasteiger charge is -2.21. The van der Waals surface area contributed by atoms with E-state index in [1.807, 2.05) is 43.9 Å². The minimum atomic E-state index is -0.174. The van der Waals surface area contributed by atoms with Gasteiger partial charge in [-0.2, -0.15) is 11.3 Å². The van der Waals surface area contributed by atoms with Crippen molar-refractivity contribution in [3.05, 3.63) is 58.1 Å². The van der Waals surface area contributed by atoms with Crippen molar-refractivity contribution >= 4 is 35.4 Å². The lowest BCUT2D eigenvalue weighted by Crippen LogP contribution is -2.31. The number of imidazole rings is 1. The van der Waals surface area contributed by atoms with Crippen LogP contribution in [0.4, 0.5) is 0 Å². The van der Waals surface area contributed by atoms with Crippen LogP contribution in [0.5, 0.6) is 0 Å². The Hall–Kier alpha value is -3.18. The fraction of sp³-hybridized carbons (Fsp3) is 0.556. The molecule has 46 heavy (non-hydrogen) atoms. The van der Waals surface area contributed by atoms with E-state index in [1.54, 1.807) is 41.0 Å². The molecule has 3 aromatic heterocycles. The number of aromatic nitrogens is 2. The average molecular weight is 655 g/mol. The number of pyridine rings is 1. The van der Waals surface area contributed by atoms with E-state index in [0.717, 1.165) is 37.9 Å². The molecule has 0 unspecified atom stereocenters. The van der Waals surface area contributed by atoms with Gasteiger partial charge in [-0.1, -0.05) is 60.0 Å². The van der Waals surface area contributed by atoms with Gasteiger partial charge in [-0.3, -0.25) is 24.3 Å². The van der Waals surface area contributed by atoms with E-state index in [0.29, 0.717) is 41.1 Å². The molecule has 1 aliphatic carbocycles. The third-order valence-electron chi connectivity index (χ3n) is 7.00. The van der Waals surface area contributed by atoms with Gasteiger partial charge < -0.3 is 15.7 Å². The molecule has 1 fully saturated rings. The first-order valence-corrected chi connectivity index (χ1v) is 17.8. The monoisotopic (exact) mass is 654 g/mol. The number of aliphatic hydroxyl groups is 1. The molecule has 0 aliphatic heterocycles. The lowest BCUT2D eigenvalue weighted by molar-refractivity contribution is 0.0946. The van der Waals surface area contributed by atoms with Crippen LogP contribution >= 0.6 is 11.3 Å². The highest BCUT2D eigenvalue weighted by molar-refractivity contribution is 7.08. The van der Waals surface area contributed by atoms with Crippen LogP contribution < -0.4 is 16.0 Å². The number of hydrogen-bond donors (Lipinski definition) is 4. The largest absolute Gasteiger partial charge is 0.397 e. The van der Waals surface area contributed by atoms with Gasteiger partial charge in [0, 0.05) is 49.1 Å². The highest BCUT2D eigenvalue weighted by atomic mass is 32.1. The number of carbonyl (C=O) groups is 2. The Kier molecular flexibility index (Phi) is 22.2. The zero-order chi connectivity index (χ0) is 34.2. The molecule has 1 saturated carbocycles. The molecule has 256 valence electrons. The second-order valence-electron chi connectivity index (χ2n) is 11.1. The SMILES string of the molecule is CC.CC(C)CCNC(=O)c1c(-c2ccsc2)nc2c(C=O)cccn12.CC/C=C(\C=N/CNC1CCCCC1)CNC.CCO. The molecule has 3 aromatic rings. The van der Waals surface area contributed by atoms with Gasteiger partial charge in [0.25, 0.3) is 5.91 Å². The van der Waals surface area contributed by atoms with E-state index in [-0.39, 0.29) is 12.5 Å². The van der Waals surface area contributed by atoms with Crippen molar-refractivity contribution in [1.82, 2.24) is 25.3 Å². The quantitative estimate of drug-likeness (QED) is 0.115. The predicted molar refractivity (Wildman–Crippen MR) is 195 cm³/mol. The highest BCUT2D eigenvalue weighted by Crippen LogP contribution is 2.27. The second kappa shape index (κ2) is 25.0. The van der Waals surface area contributed by atoms with Crippen molar-refractivity contribution in [3.63, 3.8) is 0 Å². The topological polar surface area (TPSA) is 120 Å². The number of thiophene rings is 1. The van der Waals surface area contributed by atoms with Crippen molar-refractivity contribution in [1.29, 1.82) is 0 Å². The number of likely N-dealkylation sites (N-methyl/N-ethyl adjacent to an activating group) is 1. The lowest BCUT2D eigenvalue weighted by atomic mass is 9.96. The standard InChI is InChI=1S/C18H19N3O2S.C14H27N3.C2H6O.C2H6/c1-12(2)5-7-19-18(23)16-15(14-6-9-24-11-14)20-17-13(10-22)4-3-8-21(16)17;1-3-7-13(10-15-2)11-16-12-17-14-8-5-4-6-9-14;1-2-3;1-2/h3-4,6,8-12H,5,7H2,1-2H3,(H,19,23);7,11,14-15,17H,3-6,8-10,12H2,1-2H3;3H,2H2,1H3;1-2H3/b;13-7-,16-11-;;. The number of carbonyl (C=O) groups excluding carboxylic acids is 2. The number of allylic oxidation sites excluding steroid dienone is 1. The van der Waals surface area contributed by atoms with Crippen LogP contribution in [0, 0.1) is 5.92 Å². The first-order chi connectivity index (χ1) is 22.4. The fourth-order valence-electron chi connectivity index (χ4n) is 4.84. The summed E-state index contributed by atoms with van der Waals surface area (Å²) in [5.41, 5.74) is 4.20. The zero-order valence-corrected chi connectivity index (χ0v) is 30.0. The van der Waals surface area contributed by atoms with Gasteiger partial charge in [0.2, 0.25) is 0 Å². The summed E-state index contributed by atoms with van der Waals surface area (Å²) >= 11 is 1.55. The highest BCUT2D eigenvalue weighted by Gasteiger charge is 2.22. The number of amides is 1. The fourth-order valence-corrected chi connectivity index (χ4v) is 5.49. The number of aliphatic imine (C=N–C) groups is 1. The van der Waals surface area contributed by atoms with Gasteiger partial charge in [-0.15, -0.1) is 0 Å². The summed E-state index contributed by atoms with van der Waals surface area (Å²) in [7, 11) is 1.97. The summed E-state index contributed by atoms with van der Waals surface area (Å²) in [6.07, 6.45) is 15.5. The third kappa shape index (κ3) is 14.5. The van der Waals surface area contributed by atoms with Gasteiger partial charge in [-0.05, 0) is 74.7 Å². The molecule has 0 atom stereocenters. The number of aldehydes is 1. The zero-order valence-electron chi connectivity index (χ0n) is 29.1. The Morgan fingerprint density at radius 3 is 2.50 bits per heavy atom. The number of fused-ring (bicyclic) bond motifs is 1. The van der Waals surface area contributed by atoms with E-state index in [9.17, 15) is 9.59 Å². The van der Waals surface area contributed by atoms with Gasteiger partial charge >= 0.3 is 0 Å². The van der Waals surface area contributed by atoms with Crippen molar-refractivity contribution in [2.45, 2.75) is 92.5 Å². The van der Waals surface area contributed by atoms with Gasteiger partial charge in [0.15, 0.2) is 6.29 Å². The molecule has 1 aliphatic rings. The van der Waals surface area contributed by atoms with Crippen LogP contribution in [0.15, 0.2) is 51.8 Å². The van der Waals surface area contributed by atoms with E-state index in [2.05, 4.69) is 52.8 Å². The summed E-state index contributed by atoms with van der Waals surface area (Å²) in [4.78, 5) is 33.1. The molecule has 1 amide bonds. The number of nitrogens with zero attached hydrogens (tertiary/aromatic N) is 3. The molecule has 0 spiro atoms. The number of hydrogen-bond acceptors (Lipinski definition) is 8. The third-order valence-corrected chi connectivity index (χ3v) is 7.69. The molecule has 0 saturated heterocycles.